The molecule has 2 rings (SSSR count). The third kappa shape index (κ3) is 4.20. The van der Waals surface area contributed by atoms with Gasteiger partial charge in [0.1, 0.15) is 12.1 Å². The summed E-state index contributed by atoms with van der Waals surface area (Å²) in [6, 6.07) is 4.43. The van der Waals surface area contributed by atoms with Gasteiger partial charge in [0.25, 0.3) is 0 Å². The fraction of sp³-hybridized carbons (Fsp3) is 0.875. The fourth-order valence-corrected chi connectivity index (χ4v) is 3.63. The Morgan fingerprint density at radius 2 is 1.00 bits per heavy atom. The first-order valence-corrected chi connectivity index (χ1v) is 8.15. The van der Waals surface area contributed by atoms with Gasteiger partial charge in [0, 0.05) is 0 Å². The molecule has 4 nitrogen and oxygen atoms in total. The standard InChI is InChI=1S/C16H26N4/c17-11-15(13-7-3-1-4-8-13)19-20-16(12-18)14-9-5-2-6-10-14/h13-16,19-20H,1-10H2. The average molecular weight is 274 g/mol. The van der Waals surface area contributed by atoms with Crippen molar-refractivity contribution < 1.29 is 0 Å². The molecule has 20 heavy (non-hydrogen) atoms. The van der Waals surface area contributed by atoms with E-state index in [-0.39, 0.29) is 12.1 Å². The summed E-state index contributed by atoms with van der Waals surface area (Å²) in [7, 11) is 0. The van der Waals surface area contributed by atoms with E-state index in [1.165, 1.54) is 38.5 Å². The molecule has 0 aliphatic heterocycles. The zero-order valence-corrected chi connectivity index (χ0v) is 12.3. The van der Waals surface area contributed by atoms with Crippen molar-refractivity contribution in [3.8, 4) is 12.1 Å². The number of rotatable bonds is 5. The minimum absolute atomic E-state index is 0.158. The van der Waals surface area contributed by atoms with Gasteiger partial charge in [-0.05, 0) is 37.5 Å². The molecule has 4 heteroatoms. The predicted octanol–water partition coefficient (Wildman–Crippen LogP) is 3.03. The van der Waals surface area contributed by atoms with Crippen LogP contribution in [0.5, 0.6) is 0 Å². The van der Waals surface area contributed by atoms with Crippen LogP contribution in [0.3, 0.4) is 0 Å². The average Bonchev–Trinajstić information content (AvgIpc) is 2.53. The number of nitriles is 2. The van der Waals surface area contributed by atoms with Gasteiger partial charge >= 0.3 is 0 Å². The van der Waals surface area contributed by atoms with Crippen LogP contribution in [-0.2, 0) is 0 Å². The Bertz CT molecular complexity index is 320. The van der Waals surface area contributed by atoms with E-state index in [4.69, 9.17) is 0 Å². The highest BCUT2D eigenvalue weighted by atomic mass is 15.4. The smallest absolute Gasteiger partial charge is 0.111 e. The highest BCUT2D eigenvalue weighted by Gasteiger charge is 2.27. The molecule has 0 spiro atoms. The van der Waals surface area contributed by atoms with Gasteiger partial charge in [-0.25, -0.2) is 10.9 Å². The van der Waals surface area contributed by atoms with Crippen LogP contribution in [0.2, 0.25) is 0 Å². The Kier molecular flexibility index (Phi) is 6.30. The van der Waals surface area contributed by atoms with Crippen molar-refractivity contribution in [1.82, 2.24) is 10.9 Å². The largest absolute Gasteiger partial charge is 0.239 e. The Labute approximate surface area is 122 Å². The maximum absolute atomic E-state index is 9.34. The molecule has 0 saturated heterocycles. The maximum Gasteiger partial charge on any atom is 0.111 e. The molecule has 2 aliphatic rings. The zero-order chi connectivity index (χ0) is 14.2. The van der Waals surface area contributed by atoms with E-state index in [2.05, 4.69) is 23.0 Å². The lowest BCUT2D eigenvalue weighted by atomic mass is 9.84. The molecular weight excluding hydrogens is 248 g/mol. The molecule has 0 heterocycles. The maximum atomic E-state index is 9.34. The minimum atomic E-state index is -0.158. The SMILES string of the molecule is N#CC(NNC(C#N)C1CCCCC1)C1CCCCC1. The number of hydrogen-bond acceptors (Lipinski definition) is 4. The molecule has 2 N–H and O–H groups in total. The van der Waals surface area contributed by atoms with Gasteiger partial charge < -0.3 is 0 Å². The van der Waals surface area contributed by atoms with Gasteiger partial charge in [-0.2, -0.15) is 10.5 Å². The van der Waals surface area contributed by atoms with Crippen LogP contribution in [0.4, 0.5) is 0 Å². The van der Waals surface area contributed by atoms with Crippen molar-refractivity contribution in [2.24, 2.45) is 11.8 Å². The Hall–Kier alpha value is -1.10. The second-order valence-corrected chi connectivity index (χ2v) is 6.30. The molecule has 110 valence electrons. The third-order valence-corrected chi connectivity index (χ3v) is 4.91. The fourth-order valence-electron chi connectivity index (χ4n) is 3.63. The lowest BCUT2D eigenvalue weighted by Gasteiger charge is -2.30. The van der Waals surface area contributed by atoms with Crippen LogP contribution in [0, 0.1) is 34.5 Å². The van der Waals surface area contributed by atoms with Gasteiger partial charge in [0.2, 0.25) is 0 Å². The molecule has 2 aliphatic carbocycles. The van der Waals surface area contributed by atoms with Crippen LogP contribution in [0.25, 0.3) is 0 Å². The highest BCUT2D eigenvalue weighted by Crippen LogP contribution is 2.27. The van der Waals surface area contributed by atoms with Crippen molar-refractivity contribution in [3.63, 3.8) is 0 Å². The third-order valence-electron chi connectivity index (χ3n) is 4.91. The minimum Gasteiger partial charge on any atom is -0.239 e. The Balaban J connectivity index is 1.81. The van der Waals surface area contributed by atoms with Crippen LogP contribution in [0.1, 0.15) is 64.2 Å². The van der Waals surface area contributed by atoms with Crippen LogP contribution >= 0.6 is 0 Å². The summed E-state index contributed by atoms with van der Waals surface area (Å²) in [5, 5.41) is 18.7. The summed E-state index contributed by atoms with van der Waals surface area (Å²) in [6.07, 6.45) is 12.0. The number of nitrogens with zero attached hydrogens (tertiary/aromatic N) is 2. The van der Waals surface area contributed by atoms with E-state index in [9.17, 15) is 10.5 Å². The summed E-state index contributed by atoms with van der Waals surface area (Å²) in [5.74, 6) is 0.874. The highest BCUT2D eigenvalue weighted by molar-refractivity contribution is 4.99. The first-order valence-electron chi connectivity index (χ1n) is 8.15. The second-order valence-electron chi connectivity index (χ2n) is 6.30. The lowest BCUT2D eigenvalue weighted by molar-refractivity contribution is 0.242. The molecule has 0 aromatic heterocycles. The van der Waals surface area contributed by atoms with E-state index in [1.54, 1.807) is 0 Å². The van der Waals surface area contributed by atoms with Crippen LogP contribution < -0.4 is 10.9 Å². The van der Waals surface area contributed by atoms with E-state index in [0.717, 1.165) is 25.7 Å². The molecule has 0 aromatic rings. The number of hydrazine groups is 1. The predicted molar refractivity (Wildman–Crippen MR) is 78.2 cm³/mol. The van der Waals surface area contributed by atoms with E-state index in [1.807, 2.05) is 0 Å². The van der Waals surface area contributed by atoms with Crippen molar-refractivity contribution in [2.45, 2.75) is 76.3 Å². The summed E-state index contributed by atoms with van der Waals surface area (Å²) >= 11 is 0. The molecular formula is C16H26N4. The monoisotopic (exact) mass is 274 g/mol. The van der Waals surface area contributed by atoms with Gasteiger partial charge in [0.05, 0.1) is 12.1 Å². The van der Waals surface area contributed by atoms with E-state index >= 15 is 0 Å². The van der Waals surface area contributed by atoms with Crippen molar-refractivity contribution in [3.05, 3.63) is 0 Å². The van der Waals surface area contributed by atoms with Gasteiger partial charge in [-0.1, -0.05) is 38.5 Å². The summed E-state index contributed by atoms with van der Waals surface area (Å²) < 4.78 is 0. The number of nitrogens with one attached hydrogen (secondary N) is 2. The molecule has 2 fully saturated rings. The molecule has 2 saturated carbocycles. The van der Waals surface area contributed by atoms with E-state index in [0.29, 0.717) is 11.8 Å². The molecule has 0 aromatic carbocycles. The number of hydrogen-bond donors (Lipinski definition) is 2. The van der Waals surface area contributed by atoms with E-state index < -0.39 is 0 Å². The van der Waals surface area contributed by atoms with Crippen LogP contribution in [-0.4, -0.2) is 12.1 Å². The van der Waals surface area contributed by atoms with Crippen molar-refractivity contribution in [2.75, 3.05) is 0 Å². The lowest BCUT2D eigenvalue weighted by Crippen LogP contribution is -2.51. The summed E-state index contributed by atoms with van der Waals surface area (Å²) in [6.45, 7) is 0. The topological polar surface area (TPSA) is 71.6 Å². The van der Waals surface area contributed by atoms with Crippen molar-refractivity contribution >= 4 is 0 Å². The molecule has 0 bridgehead atoms. The van der Waals surface area contributed by atoms with Gasteiger partial charge in [0.15, 0.2) is 0 Å². The first kappa shape index (κ1) is 15.3. The summed E-state index contributed by atoms with van der Waals surface area (Å²) in [5.41, 5.74) is 6.31. The quantitative estimate of drug-likeness (QED) is 0.756. The van der Waals surface area contributed by atoms with Crippen molar-refractivity contribution in [1.29, 1.82) is 10.5 Å². The molecule has 0 radical (unpaired) electrons. The van der Waals surface area contributed by atoms with Gasteiger partial charge in [-0.15, -0.1) is 0 Å². The Morgan fingerprint density at radius 3 is 1.30 bits per heavy atom. The second kappa shape index (κ2) is 8.25. The molecule has 2 unspecified atom stereocenters. The molecule has 2 atom stereocenters. The van der Waals surface area contributed by atoms with Crippen LogP contribution in [0.15, 0.2) is 0 Å². The Morgan fingerprint density at radius 1 is 0.650 bits per heavy atom. The zero-order valence-electron chi connectivity index (χ0n) is 12.3. The van der Waals surface area contributed by atoms with Gasteiger partial charge in [-0.3, -0.25) is 0 Å². The first-order chi connectivity index (χ1) is 9.85. The summed E-state index contributed by atoms with van der Waals surface area (Å²) in [4.78, 5) is 0. The normalized spacial score (nSPS) is 24.5. The molecule has 0 amide bonds.